The van der Waals surface area contributed by atoms with Crippen molar-refractivity contribution < 1.29 is 0 Å². The van der Waals surface area contributed by atoms with E-state index in [4.69, 9.17) is 5.73 Å². The summed E-state index contributed by atoms with van der Waals surface area (Å²) in [5, 5.41) is 0. The zero-order valence-electron chi connectivity index (χ0n) is 14.4. The third-order valence-corrected chi connectivity index (χ3v) is 8.25. The van der Waals surface area contributed by atoms with Crippen molar-refractivity contribution in [3.8, 4) is 0 Å². The van der Waals surface area contributed by atoms with Gasteiger partial charge < -0.3 is 5.73 Å². The molecule has 1 nitrogen and oxygen atoms in total. The minimum Gasteiger partial charge on any atom is -0.327 e. The molecule has 0 radical (unpaired) electrons. The summed E-state index contributed by atoms with van der Waals surface area (Å²) in [6.45, 7) is 7.49. The first kappa shape index (κ1) is 14.5. The predicted octanol–water partition coefficient (Wildman–Crippen LogP) is 4.99. The van der Waals surface area contributed by atoms with Gasteiger partial charge in [-0.1, -0.05) is 27.2 Å². The minimum absolute atomic E-state index is 0.498. The molecule has 0 aromatic carbocycles. The molecule has 5 aliphatic carbocycles. The van der Waals surface area contributed by atoms with Gasteiger partial charge in [-0.25, -0.2) is 0 Å². The number of rotatable bonds is 2. The maximum atomic E-state index is 7.01. The lowest BCUT2D eigenvalue weighted by atomic mass is 9.42. The SMILES string of the molecule is CC1CCC(C(N)C23CC4CC(CC(C)(C4)C2)C3)CC1C. The van der Waals surface area contributed by atoms with E-state index in [9.17, 15) is 0 Å². The van der Waals surface area contributed by atoms with Crippen LogP contribution in [0.15, 0.2) is 0 Å². The van der Waals surface area contributed by atoms with Crippen LogP contribution < -0.4 is 5.73 Å². The van der Waals surface area contributed by atoms with Gasteiger partial charge in [-0.05, 0) is 91.8 Å². The smallest absolute Gasteiger partial charge is 0.0124 e. The van der Waals surface area contributed by atoms with Crippen LogP contribution in [0.5, 0.6) is 0 Å². The third-order valence-electron chi connectivity index (χ3n) is 8.25. The molecule has 5 fully saturated rings. The lowest BCUT2D eigenvalue weighted by Gasteiger charge is -2.64. The largest absolute Gasteiger partial charge is 0.327 e. The number of nitrogens with two attached hydrogens (primary N) is 1. The summed E-state index contributed by atoms with van der Waals surface area (Å²) >= 11 is 0. The van der Waals surface area contributed by atoms with E-state index < -0.39 is 0 Å². The van der Waals surface area contributed by atoms with Gasteiger partial charge in [0.15, 0.2) is 0 Å². The topological polar surface area (TPSA) is 26.0 Å². The van der Waals surface area contributed by atoms with E-state index in [1.54, 1.807) is 0 Å². The Bertz CT molecular complexity index is 400. The maximum absolute atomic E-state index is 7.01. The number of hydrogen-bond donors (Lipinski definition) is 1. The van der Waals surface area contributed by atoms with Crippen LogP contribution in [0.2, 0.25) is 0 Å². The van der Waals surface area contributed by atoms with E-state index in [0.717, 1.165) is 29.6 Å². The first-order valence-electron chi connectivity index (χ1n) is 9.65. The fraction of sp³-hybridized carbons (Fsp3) is 1.00. The maximum Gasteiger partial charge on any atom is 0.0124 e. The molecule has 1 heteroatoms. The Balaban J connectivity index is 1.55. The van der Waals surface area contributed by atoms with Crippen LogP contribution in [0.4, 0.5) is 0 Å². The molecule has 0 aliphatic heterocycles. The summed E-state index contributed by atoms with van der Waals surface area (Å²) in [6, 6.07) is 0.498. The third kappa shape index (κ3) is 2.30. The first-order valence-corrected chi connectivity index (χ1v) is 9.65. The molecule has 5 saturated carbocycles. The van der Waals surface area contributed by atoms with Crippen LogP contribution >= 0.6 is 0 Å². The summed E-state index contributed by atoms with van der Waals surface area (Å²) in [7, 11) is 0. The predicted molar refractivity (Wildman–Crippen MR) is 88.9 cm³/mol. The molecule has 6 unspecified atom stereocenters. The molecule has 0 saturated heterocycles. The van der Waals surface area contributed by atoms with Gasteiger partial charge in [0.25, 0.3) is 0 Å². The molecule has 21 heavy (non-hydrogen) atoms. The Labute approximate surface area is 131 Å². The van der Waals surface area contributed by atoms with Gasteiger partial charge in [0.05, 0.1) is 0 Å². The van der Waals surface area contributed by atoms with Crippen LogP contribution in [0.25, 0.3) is 0 Å². The second kappa shape index (κ2) is 4.73. The summed E-state index contributed by atoms with van der Waals surface area (Å²) in [5.74, 6) is 4.65. The highest BCUT2D eigenvalue weighted by molar-refractivity contribution is 5.10. The average Bonchev–Trinajstić information content (AvgIpc) is 2.38. The fourth-order valence-electron chi connectivity index (χ4n) is 7.60. The van der Waals surface area contributed by atoms with Gasteiger partial charge in [0.2, 0.25) is 0 Å². The lowest BCUT2D eigenvalue weighted by molar-refractivity contribution is -0.123. The highest BCUT2D eigenvalue weighted by Gasteiger charge is 2.58. The molecule has 0 spiro atoms. The summed E-state index contributed by atoms with van der Waals surface area (Å²) in [6.07, 6.45) is 13.2. The van der Waals surface area contributed by atoms with Gasteiger partial charge in [-0.2, -0.15) is 0 Å². The van der Waals surface area contributed by atoms with Gasteiger partial charge in [0, 0.05) is 6.04 Å². The Morgan fingerprint density at radius 1 is 0.905 bits per heavy atom. The average molecular weight is 290 g/mol. The van der Waals surface area contributed by atoms with Crippen molar-refractivity contribution in [2.45, 2.75) is 84.6 Å². The highest BCUT2D eigenvalue weighted by Crippen LogP contribution is 2.66. The standard InChI is InChI=1S/C20H35N/c1-13-4-5-17(6-14(13)2)18(21)20-10-15-7-16(11-20)9-19(3,8-15)12-20/h13-18H,4-12,21H2,1-3H3. The zero-order valence-corrected chi connectivity index (χ0v) is 14.4. The molecule has 4 bridgehead atoms. The molecule has 0 aromatic heterocycles. The van der Waals surface area contributed by atoms with Crippen LogP contribution in [-0.2, 0) is 0 Å². The molecular weight excluding hydrogens is 254 g/mol. The van der Waals surface area contributed by atoms with Gasteiger partial charge in [-0.15, -0.1) is 0 Å². The molecule has 2 N–H and O–H groups in total. The highest BCUT2D eigenvalue weighted by atomic mass is 14.8. The van der Waals surface area contributed by atoms with Crippen molar-refractivity contribution >= 4 is 0 Å². The normalized spacial score (nSPS) is 57.4. The van der Waals surface area contributed by atoms with Crippen molar-refractivity contribution in [1.29, 1.82) is 0 Å². The Kier molecular flexibility index (Phi) is 3.27. The van der Waals surface area contributed by atoms with E-state index in [0.29, 0.717) is 16.9 Å². The molecule has 5 rings (SSSR count). The van der Waals surface area contributed by atoms with E-state index in [1.807, 2.05) is 0 Å². The van der Waals surface area contributed by atoms with Crippen molar-refractivity contribution in [2.24, 2.45) is 46.2 Å². The Hall–Kier alpha value is -0.0400. The van der Waals surface area contributed by atoms with Crippen molar-refractivity contribution in [2.75, 3.05) is 0 Å². The lowest BCUT2D eigenvalue weighted by Crippen LogP contribution is -2.59. The Morgan fingerprint density at radius 2 is 1.57 bits per heavy atom. The van der Waals surface area contributed by atoms with E-state index >= 15 is 0 Å². The van der Waals surface area contributed by atoms with Gasteiger partial charge >= 0.3 is 0 Å². The van der Waals surface area contributed by atoms with Crippen LogP contribution in [0, 0.1) is 40.4 Å². The van der Waals surface area contributed by atoms with Crippen LogP contribution in [0.3, 0.4) is 0 Å². The second-order valence-corrected chi connectivity index (χ2v) is 10.2. The van der Waals surface area contributed by atoms with E-state index in [2.05, 4.69) is 20.8 Å². The molecule has 0 aromatic rings. The molecule has 6 atom stereocenters. The molecule has 0 heterocycles. The quantitative estimate of drug-likeness (QED) is 0.761. The summed E-state index contributed by atoms with van der Waals surface area (Å²) < 4.78 is 0. The zero-order chi connectivity index (χ0) is 14.8. The van der Waals surface area contributed by atoms with Crippen LogP contribution in [0.1, 0.15) is 78.6 Å². The van der Waals surface area contributed by atoms with Crippen molar-refractivity contribution in [1.82, 2.24) is 0 Å². The molecule has 5 aliphatic rings. The minimum atomic E-state index is 0.498. The summed E-state index contributed by atoms with van der Waals surface area (Å²) in [5.41, 5.74) is 8.19. The van der Waals surface area contributed by atoms with E-state index in [-0.39, 0.29) is 0 Å². The van der Waals surface area contributed by atoms with Gasteiger partial charge in [-0.3, -0.25) is 0 Å². The second-order valence-electron chi connectivity index (χ2n) is 10.2. The summed E-state index contributed by atoms with van der Waals surface area (Å²) in [4.78, 5) is 0. The van der Waals surface area contributed by atoms with Gasteiger partial charge in [0.1, 0.15) is 0 Å². The Morgan fingerprint density at radius 3 is 2.14 bits per heavy atom. The molecule has 0 amide bonds. The number of hydrogen-bond acceptors (Lipinski definition) is 1. The monoisotopic (exact) mass is 289 g/mol. The fourth-order valence-corrected chi connectivity index (χ4v) is 7.60. The first-order chi connectivity index (χ1) is 9.89. The van der Waals surface area contributed by atoms with Crippen LogP contribution in [-0.4, -0.2) is 6.04 Å². The van der Waals surface area contributed by atoms with E-state index in [1.165, 1.54) is 57.8 Å². The van der Waals surface area contributed by atoms with Crippen molar-refractivity contribution in [3.63, 3.8) is 0 Å². The van der Waals surface area contributed by atoms with Crippen molar-refractivity contribution in [3.05, 3.63) is 0 Å². The molecular formula is C20H35N. The molecule has 120 valence electrons.